The summed E-state index contributed by atoms with van der Waals surface area (Å²) >= 11 is 0. The molecule has 0 aliphatic rings. The van der Waals surface area contributed by atoms with Crippen LogP contribution >= 0.6 is 0 Å². The zero-order valence-electron chi connectivity index (χ0n) is 14.0. The molecule has 126 valence electrons. The smallest absolute Gasteiger partial charge is 0.270 e. The SMILES string of the molecule is CC(C)CCNC(=O)c1ccnc(C(=O)NCc2cccnc2)c1. The fourth-order valence-electron chi connectivity index (χ4n) is 2.05. The molecule has 0 unspecified atom stereocenters. The number of hydrogen-bond donors (Lipinski definition) is 2. The first kappa shape index (κ1) is 17.6. The predicted octanol–water partition coefficient (Wildman–Crippen LogP) is 2.18. The summed E-state index contributed by atoms with van der Waals surface area (Å²) in [5.74, 6) is 0.00611. The molecule has 2 aromatic heterocycles. The highest BCUT2D eigenvalue weighted by Gasteiger charge is 2.11. The molecule has 0 aliphatic heterocycles. The quantitative estimate of drug-likeness (QED) is 0.817. The Morgan fingerprint density at radius 1 is 1.12 bits per heavy atom. The van der Waals surface area contributed by atoms with Crippen LogP contribution in [-0.4, -0.2) is 28.3 Å². The third-order valence-corrected chi connectivity index (χ3v) is 3.44. The molecule has 0 radical (unpaired) electrons. The molecule has 2 heterocycles. The van der Waals surface area contributed by atoms with Crippen LogP contribution in [0.5, 0.6) is 0 Å². The Labute approximate surface area is 141 Å². The Morgan fingerprint density at radius 3 is 2.67 bits per heavy atom. The molecule has 0 aliphatic carbocycles. The number of hydrogen-bond acceptors (Lipinski definition) is 4. The van der Waals surface area contributed by atoms with E-state index in [1.54, 1.807) is 18.5 Å². The van der Waals surface area contributed by atoms with Gasteiger partial charge in [-0.25, -0.2) is 0 Å². The second kappa shape index (κ2) is 8.76. The first-order chi connectivity index (χ1) is 11.6. The number of amides is 2. The minimum Gasteiger partial charge on any atom is -0.352 e. The lowest BCUT2D eigenvalue weighted by Crippen LogP contribution is -2.27. The van der Waals surface area contributed by atoms with Crippen molar-refractivity contribution in [1.29, 1.82) is 0 Å². The lowest BCUT2D eigenvalue weighted by molar-refractivity contribution is 0.0946. The van der Waals surface area contributed by atoms with Gasteiger partial charge in [0, 0.05) is 37.2 Å². The van der Waals surface area contributed by atoms with Gasteiger partial charge in [-0.05, 0) is 36.1 Å². The second-order valence-corrected chi connectivity index (χ2v) is 5.91. The minimum atomic E-state index is -0.323. The van der Waals surface area contributed by atoms with Gasteiger partial charge in [0.15, 0.2) is 0 Å². The molecule has 0 aromatic carbocycles. The molecular weight excluding hydrogens is 304 g/mol. The summed E-state index contributed by atoms with van der Waals surface area (Å²) in [6.45, 7) is 5.17. The number of carbonyl (C=O) groups is 2. The molecule has 2 amide bonds. The van der Waals surface area contributed by atoms with Crippen molar-refractivity contribution in [1.82, 2.24) is 20.6 Å². The van der Waals surface area contributed by atoms with Gasteiger partial charge in [0.1, 0.15) is 5.69 Å². The normalized spacial score (nSPS) is 10.5. The van der Waals surface area contributed by atoms with E-state index < -0.39 is 0 Å². The van der Waals surface area contributed by atoms with Gasteiger partial charge in [0.05, 0.1) is 0 Å². The Bertz CT molecular complexity index is 686. The van der Waals surface area contributed by atoms with Crippen LogP contribution in [0.4, 0.5) is 0 Å². The van der Waals surface area contributed by atoms with E-state index in [0.717, 1.165) is 12.0 Å². The average Bonchev–Trinajstić information content (AvgIpc) is 2.60. The average molecular weight is 326 g/mol. The van der Waals surface area contributed by atoms with Crippen molar-refractivity contribution < 1.29 is 9.59 Å². The zero-order valence-corrected chi connectivity index (χ0v) is 14.0. The van der Waals surface area contributed by atoms with Gasteiger partial charge in [0.2, 0.25) is 0 Å². The van der Waals surface area contributed by atoms with Crippen LogP contribution < -0.4 is 10.6 Å². The van der Waals surface area contributed by atoms with Gasteiger partial charge in [-0.1, -0.05) is 19.9 Å². The molecule has 6 heteroatoms. The molecule has 0 fully saturated rings. The maximum atomic E-state index is 12.2. The summed E-state index contributed by atoms with van der Waals surface area (Å²) < 4.78 is 0. The number of nitrogens with zero attached hydrogens (tertiary/aromatic N) is 2. The fourth-order valence-corrected chi connectivity index (χ4v) is 2.05. The Hall–Kier alpha value is -2.76. The van der Waals surface area contributed by atoms with Crippen molar-refractivity contribution in [2.75, 3.05) is 6.54 Å². The number of aromatic nitrogens is 2. The molecule has 2 rings (SSSR count). The third-order valence-electron chi connectivity index (χ3n) is 3.44. The highest BCUT2D eigenvalue weighted by molar-refractivity contribution is 5.98. The third kappa shape index (κ3) is 5.46. The lowest BCUT2D eigenvalue weighted by atomic mass is 10.1. The molecule has 0 spiro atoms. The summed E-state index contributed by atoms with van der Waals surface area (Å²) in [7, 11) is 0. The fraction of sp³-hybridized carbons (Fsp3) is 0.333. The zero-order chi connectivity index (χ0) is 17.4. The van der Waals surface area contributed by atoms with E-state index >= 15 is 0 Å². The van der Waals surface area contributed by atoms with Crippen molar-refractivity contribution in [3.63, 3.8) is 0 Å². The summed E-state index contributed by atoms with van der Waals surface area (Å²) in [6.07, 6.45) is 5.74. The van der Waals surface area contributed by atoms with E-state index in [1.807, 2.05) is 12.1 Å². The van der Waals surface area contributed by atoms with Crippen LogP contribution in [0.3, 0.4) is 0 Å². The highest BCUT2D eigenvalue weighted by atomic mass is 16.2. The summed E-state index contributed by atoms with van der Waals surface area (Å²) in [5, 5.41) is 5.61. The highest BCUT2D eigenvalue weighted by Crippen LogP contribution is 2.04. The summed E-state index contributed by atoms with van der Waals surface area (Å²) in [5.41, 5.74) is 1.55. The van der Waals surface area contributed by atoms with Gasteiger partial charge in [-0.2, -0.15) is 0 Å². The van der Waals surface area contributed by atoms with E-state index in [2.05, 4.69) is 34.4 Å². The largest absolute Gasteiger partial charge is 0.352 e. The summed E-state index contributed by atoms with van der Waals surface area (Å²) in [6, 6.07) is 6.78. The van der Waals surface area contributed by atoms with E-state index in [9.17, 15) is 9.59 Å². The number of carbonyl (C=O) groups excluding carboxylic acids is 2. The van der Waals surface area contributed by atoms with Gasteiger partial charge in [-0.15, -0.1) is 0 Å². The predicted molar refractivity (Wildman–Crippen MR) is 91.4 cm³/mol. The van der Waals surface area contributed by atoms with Gasteiger partial charge in [0.25, 0.3) is 11.8 Å². The Kier molecular flexibility index (Phi) is 6.42. The van der Waals surface area contributed by atoms with Crippen molar-refractivity contribution in [3.8, 4) is 0 Å². The number of pyridine rings is 2. The topological polar surface area (TPSA) is 84.0 Å². The van der Waals surface area contributed by atoms with E-state index in [-0.39, 0.29) is 17.5 Å². The second-order valence-electron chi connectivity index (χ2n) is 5.91. The maximum absolute atomic E-state index is 12.2. The van der Waals surface area contributed by atoms with Crippen molar-refractivity contribution in [2.24, 2.45) is 5.92 Å². The van der Waals surface area contributed by atoms with Crippen molar-refractivity contribution in [2.45, 2.75) is 26.8 Å². The van der Waals surface area contributed by atoms with Crippen LogP contribution in [0.25, 0.3) is 0 Å². The molecule has 6 nitrogen and oxygen atoms in total. The Morgan fingerprint density at radius 2 is 1.96 bits per heavy atom. The summed E-state index contributed by atoms with van der Waals surface area (Å²) in [4.78, 5) is 32.3. The molecular formula is C18H22N4O2. The van der Waals surface area contributed by atoms with Crippen molar-refractivity contribution in [3.05, 3.63) is 59.7 Å². The molecule has 0 saturated carbocycles. The van der Waals surface area contributed by atoms with Gasteiger partial charge >= 0.3 is 0 Å². The van der Waals surface area contributed by atoms with E-state index in [1.165, 1.54) is 12.3 Å². The van der Waals surface area contributed by atoms with E-state index in [4.69, 9.17) is 0 Å². The molecule has 0 atom stereocenters. The van der Waals surface area contributed by atoms with E-state index in [0.29, 0.717) is 24.6 Å². The standard InChI is InChI=1S/C18H22N4O2/c1-13(2)5-8-21-17(23)15-6-9-20-16(10-15)18(24)22-12-14-4-3-7-19-11-14/h3-4,6-7,9-11,13H,5,8,12H2,1-2H3,(H,21,23)(H,22,24). The van der Waals surface area contributed by atoms with Gasteiger partial charge < -0.3 is 10.6 Å². The number of rotatable bonds is 7. The maximum Gasteiger partial charge on any atom is 0.270 e. The molecule has 0 saturated heterocycles. The first-order valence-corrected chi connectivity index (χ1v) is 7.97. The minimum absolute atomic E-state index is 0.195. The molecule has 2 aromatic rings. The first-order valence-electron chi connectivity index (χ1n) is 7.97. The molecule has 0 bridgehead atoms. The van der Waals surface area contributed by atoms with Crippen LogP contribution in [0, 0.1) is 5.92 Å². The van der Waals surface area contributed by atoms with Crippen LogP contribution in [0.2, 0.25) is 0 Å². The Balaban J connectivity index is 1.93. The van der Waals surface area contributed by atoms with Crippen LogP contribution in [0.15, 0.2) is 42.9 Å². The van der Waals surface area contributed by atoms with Crippen molar-refractivity contribution >= 4 is 11.8 Å². The monoisotopic (exact) mass is 326 g/mol. The lowest BCUT2D eigenvalue weighted by Gasteiger charge is -2.08. The number of nitrogens with one attached hydrogen (secondary N) is 2. The van der Waals surface area contributed by atoms with Crippen LogP contribution in [-0.2, 0) is 6.54 Å². The van der Waals surface area contributed by atoms with Gasteiger partial charge in [-0.3, -0.25) is 19.6 Å². The molecule has 24 heavy (non-hydrogen) atoms. The molecule has 2 N–H and O–H groups in total. The van der Waals surface area contributed by atoms with Crippen LogP contribution in [0.1, 0.15) is 46.7 Å².